The first-order valence-corrected chi connectivity index (χ1v) is 12.1. The van der Waals surface area contributed by atoms with Crippen molar-refractivity contribution in [2.45, 2.75) is 39.2 Å². The van der Waals surface area contributed by atoms with Crippen molar-refractivity contribution in [2.24, 2.45) is 5.92 Å². The van der Waals surface area contributed by atoms with E-state index in [0.29, 0.717) is 11.5 Å². The highest BCUT2D eigenvalue weighted by Gasteiger charge is 2.17. The van der Waals surface area contributed by atoms with Gasteiger partial charge >= 0.3 is 0 Å². The second-order valence-corrected chi connectivity index (χ2v) is 9.63. The van der Waals surface area contributed by atoms with Crippen LogP contribution in [0.4, 0.5) is 0 Å². The van der Waals surface area contributed by atoms with Crippen LogP contribution in [0.1, 0.15) is 41.8 Å². The first-order valence-electron chi connectivity index (χ1n) is 12.1. The number of carbonyl (C=O) groups is 1. The summed E-state index contributed by atoms with van der Waals surface area (Å²) in [6.07, 6.45) is 2.77. The summed E-state index contributed by atoms with van der Waals surface area (Å²) in [5.74, 6) is 1.38. The van der Waals surface area contributed by atoms with Crippen molar-refractivity contribution in [1.82, 2.24) is 10.2 Å². The molecule has 3 aromatic rings. The van der Waals surface area contributed by atoms with Crippen LogP contribution in [0.25, 0.3) is 11.1 Å². The fraction of sp³-hybridized carbons (Fsp3) is 0.367. The molecule has 1 atom stereocenters. The highest BCUT2D eigenvalue weighted by atomic mass is 16.5. The molecule has 0 aromatic heterocycles. The number of likely N-dealkylation sites (N-methyl/N-ethyl adjacent to an activating group) is 1. The molecule has 1 N–H and O–H groups in total. The largest absolute Gasteiger partial charge is 0.496 e. The number of ether oxygens (including phenoxy) is 1. The van der Waals surface area contributed by atoms with Gasteiger partial charge in [0.1, 0.15) is 5.75 Å². The molecule has 3 rings (SSSR count). The first-order chi connectivity index (χ1) is 16.4. The number of hydrogen-bond acceptors (Lipinski definition) is 3. The lowest BCUT2D eigenvalue weighted by atomic mass is 9.95. The highest BCUT2D eigenvalue weighted by Crippen LogP contribution is 2.34. The minimum absolute atomic E-state index is 0.0425. The van der Waals surface area contributed by atoms with E-state index in [4.69, 9.17) is 4.74 Å². The van der Waals surface area contributed by atoms with Gasteiger partial charge in [-0.1, -0.05) is 74.5 Å². The standard InChI is InChI=1S/C30H38N2O2/c1-22(2)19-25-14-10-16-28(29(25)34-5)24-13-9-15-26(20-24)30(33)31-27(21-32(3)4)18-17-23-11-7-6-8-12-23/h6-16,20,22,27H,17-19,21H2,1-5H3,(H,31,33)/t27-/m0/s1. The Morgan fingerprint density at radius 2 is 1.71 bits per heavy atom. The lowest BCUT2D eigenvalue weighted by Gasteiger charge is -2.23. The summed E-state index contributed by atoms with van der Waals surface area (Å²) in [6.45, 7) is 5.21. The zero-order valence-electron chi connectivity index (χ0n) is 21.2. The smallest absolute Gasteiger partial charge is 0.251 e. The molecule has 0 saturated carbocycles. The highest BCUT2D eigenvalue weighted by molar-refractivity contribution is 5.96. The number of nitrogens with zero attached hydrogens (tertiary/aromatic N) is 1. The topological polar surface area (TPSA) is 41.6 Å². The number of hydrogen-bond donors (Lipinski definition) is 1. The van der Waals surface area contributed by atoms with Gasteiger partial charge < -0.3 is 15.0 Å². The molecule has 0 unspecified atom stereocenters. The van der Waals surface area contributed by atoms with E-state index < -0.39 is 0 Å². The normalized spacial score (nSPS) is 12.1. The molecular formula is C30H38N2O2. The molecule has 0 fully saturated rings. The summed E-state index contributed by atoms with van der Waals surface area (Å²) in [7, 11) is 5.80. The van der Waals surface area contributed by atoms with Crippen LogP contribution < -0.4 is 10.1 Å². The predicted octanol–water partition coefficient (Wildman–Crippen LogP) is 5.85. The van der Waals surface area contributed by atoms with Crippen LogP contribution in [0.3, 0.4) is 0 Å². The van der Waals surface area contributed by atoms with Gasteiger partial charge in [-0.15, -0.1) is 0 Å². The molecule has 4 nitrogen and oxygen atoms in total. The van der Waals surface area contributed by atoms with E-state index in [9.17, 15) is 4.79 Å². The van der Waals surface area contributed by atoms with Gasteiger partial charge in [-0.25, -0.2) is 0 Å². The van der Waals surface area contributed by atoms with Crippen molar-refractivity contribution in [3.8, 4) is 16.9 Å². The zero-order valence-corrected chi connectivity index (χ0v) is 21.2. The van der Waals surface area contributed by atoms with Crippen molar-refractivity contribution < 1.29 is 9.53 Å². The summed E-state index contributed by atoms with van der Waals surface area (Å²) in [4.78, 5) is 15.4. The Balaban J connectivity index is 1.79. The van der Waals surface area contributed by atoms with Gasteiger partial charge in [0.2, 0.25) is 0 Å². The molecule has 3 aromatic carbocycles. The van der Waals surface area contributed by atoms with E-state index in [1.165, 1.54) is 11.1 Å². The summed E-state index contributed by atoms with van der Waals surface area (Å²) in [5, 5.41) is 3.27. The molecule has 0 bridgehead atoms. The van der Waals surface area contributed by atoms with Gasteiger partial charge in [0.15, 0.2) is 0 Å². The molecule has 0 heterocycles. The van der Waals surface area contributed by atoms with Crippen LogP contribution in [-0.4, -0.2) is 44.6 Å². The van der Waals surface area contributed by atoms with E-state index >= 15 is 0 Å². The zero-order chi connectivity index (χ0) is 24.5. The Morgan fingerprint density at radius 1 is 0.971 bits per heavy atom. The Hall–Kier alpha value is -3.11. The summed E-state index contributed by atoms with van der Waals surface area (Å²) < 4.78 is 5.81. The maximum atomic E-state index is 13.2. The van der Waals surface area contributed by atoms with Crippen LogP contribution in [0, 0.1) is 5.92 Å². The Bertz CT molecular complexity index is 1060. The van der Waals surface area contributed by atoms with Gasteiger partial charge in [0.25, 0.3) is 5.91 Å². The number of rotatable bonds is 11. The minimum Gasteiger partial charge on any atom is -0.496 e. The number of para-hydroxylation sites is 1. The lowest BCUT2D eigenvalue weighted by molar-refractivity contribution is 0.0928. The maximum absolute atomic E-state index is 13.2. The molecule has 180 valence electrons. The average molecular weight is 459 g/mol. The number of aryl methyl sites for hydroxylation is 1. The van der Waals surface area contributed by atoms with E-state index in [2.05, 4.69) is 66.5 Å². The Labute approximate surface area is 205 Å². The number of nitrogens with one attached hydrogen (secondary N) is 1. The molecule has 4 heteroatoms. The van der Waals surface area contributed by atoms with Crippen molar-refractivity contribution in [3.05, 3.63) is 89.5 Å². The third-order valence-corrected chi connectivity index (χ3v) is 5.91. The van der Waals surface area contributed by atoms with Crippen LogP contribution in [0.2, 0.25) is 0 Å². The van der Waals surface area contributed by atoms with E-state index in [0.717, 1.165) is 42.7 Å². The molecule has 0 radical (unpaired) electrons. The van der Waals surface area contributed by atoms with Gasteiger partial charge in [-0.2, -0.15) is 0 Å². The van der Waals surface area contributed by atoms with Crippen molar-refractivity contribution >= 4 is 5.91 Å². The second kappa shape index (κ2) is 12.4. The third-order valence-electron chi connectivity index (χ3n) is 5.91. The van der Waals surface area contributed by atoms with E-state index in [1.807, 2.05) is 44.4 Å². The molecule has 0 saturated heterocycles. The second-order valence-electron chi connectivity index (χ2n) is 9.63. The number of amides is 1. The van der Waals surface area contributed by atoms with Crippen LogP contribution in [0.5, 0.6) is 5.75 Å². The number of methoxy groups -OCH3 is 1. The fourth-order valence-corrected chi connectivity index (χ4v) is 4.39. The molecular weight excluding hydrogens is 420 g/mol. The number of carbonyl (C=O) groups excluding carboxylic acids is 1. The van der Waals surface area contributed by atoms with Crippen LogP contribution in [-0.2, 0) is 12.8 Å². The maximum Gasteiger partial charge on any atom is 0.251 e. The van der Waals surface area contributed by atoms with Gasteiger partial charge in [-0.05, 0) is 68.1 Å². The van der Waals surface area contributed by atoms with Gasteiger partial charge in [-0.3, -0.25) is 4.79 Å². The summed E-state index contributed by atoms with van der Waals surface area (Å²) in [5.41, 5.74) is 5.15. The lowest BCUT2D eigenvalue weighted by Crippen LogP contribution is -2.42. The molecule has 1 amide bonds. The summed E-state index contributed by atoms with van der Waals surface area (Å²) >= 11 is 0. The fourth-order valence-electron chi connectivity index (χ4n) is 4.39. The van der Waals surface area contributed by atoms with Crippen molar-refractivity contribution in [2.75, 3.05) is 27.7 Å². The average Bonchev–Trinajstić information content (AvgIpc) is 2.82. The van der Waals surface area contributed by atoms with Crippen LogP contribution in [0.15, 0.2) is 72.8 Å². The SMILES string of the molecule is COc1c(CC(C)C)cccc1-c1cccc(C(=O)N[C@@H](CCc2ccccc2)CN(C)C)c1. The van der Waals surface area contributed by atoms with Gasteiger partial charge in [0, 0.05) is 23.7 Å². The minimum atomic E-state index is -0.0425. The first kappa shape index (κ1) is 25.5. The number of benzene rings is 3. The molecule has 0 aliphatic carbocycles. The predicted molar refractivity (Wildman–Crippen MR) is 142 cm³/mol. The van der Waals surface area contributed by atoms with Crippen molar-refractivity contribution in [3.63, 3.8) is 0 Å². The molecule has 0 aliphatic rings. The quantitative estimate of drug-likeness (QED) is 0.392. The molecule has 0 aliphatic heterocycles. The molecule has 34 heavy (non-hydrogen) atoms. The third kappa shape index (κ3) is 7.19. The van der Waals surface area contributed by atoms with Crippen molar-refractivity contribution in [1.29, 1.82) is 0 Å². The van der Waals surface area contributed by atoms with E-state index in [-0.39, 0.29) is 11.9 Å². The van der Waals surface area contributed by atoms with E-state index in [1.54, 1.807) is 7.11 Å². The Morgan fingerprint density at radius 3 is 2.38 bits per heavy atom. The monoisotopic (exact) mass is 458 g/mol. The Kier molecular flexibility index (Phi) is 9.29. The van der Waals surface area contributed by atoms with Crippen LogP contribution >= 0.6 is 0 Å². The molecule has 0 spiro atoms. The summed E-state index contributed by atoms with van der Waals surface area (Å²) in [6, 6.07) is 24.6. The van der Waals surface area contributed by atoms with Gasteiger partial charge in [0.05, 0.1) is 7.11 Å².